The van der Waals surface area contributed by atoms with Gasteiger partial charge in [0.2, 0.25) is 5.91 Å². The van der Waals surface area contributed by atoms with Gasteiger partial charge in [0.25, 0.3) is 0 Å². The molecular weight excluding hydrogens is 366 g/mol. The van der Waals surface area contributed by atoms with Crippen molar-refractivity contribution in [3.05, 3.63) is 28.2 Å². The van der Waals surface area contributed by atoms with E-state index in [9.17, 15) is 4.79 Å². The number of rotatable bonds is 11. The van der Waals surface area contributed by atoms with Crippen LogP contribution in [0.3, 0.4) is 0 Å². The third-order valence-corrected chi connectivity index (χ3v) is 6.00. The van der Waals surface area contributed by atoms with Crippen molar-refractivity contribution in [2.45, 2.75) is 57.4 Å². The molecule has 0 saturated heterocycles. The molecule has 0 unspecified atom stereocenters. The molecule has 0 bridgehead atoms. The summed E-state index contributed by atoms with van der Waals surface area (Å²) < 4.78 is 2.19. The lowest BCUT2D eigenvalue weighted by Gasteiger charge is -2.23. The van der Waals surface area contributed by atoms with Crippen LogP contribution < -0.4 is 5.32 Å². The van der Waals surface area contributed by atoms with Gasteiger partial charge in [-0.3, -0.25) is 9.69 Å². The number of hydrogen-bond acceptors (Lipinski definition) is 6. The second-order valence-corrected chi connectivity index (χ2v) is 8.35. The number of amides is 1. The Bertz CT molecular complexity index is 669. The summed E-state index contributed by atoms with van der Waals surface area (Å²) >= 11 is 3.12. The van der Waals surface area contributed by atoms with Crippen molar-refractivity contribution in [3.8, 4) is 0 Å². The SMILES string of the molecule is CCCCn1c(SCC(=O)NCc2cccs2)nnc1[C@@H](CC)N(C)C. The highest BCUT2D eigenvalue weighted by Gasteiger charge is 2.22. The van der Waals surface area contributed by atoms with E-state index in [1.807, 2.05) is 17.5 Å². The maximum Gasteiger partial charge on any atom is 0.230 e. The molecule has 2 heterocycles. The molecule has 0 spiro atoms. The second kappa shape index (κ2) is 10.7. The highest BCUT2D eigenvalue weighted by atomic mass is 32.2. The van der Waals surface area contributed by atoms with E-state index in [0.29, 0.717) is 12.3 Å². The lowest BCUT2D eigenvalue weighted by Crippen LogP contribution is -2.25. The van der Waals surface area contributed by atoms with Crippen LogP contribution in [-0.2, 0) is 17.9 Å². The predicted octanol–water partition coefficient (Wildman–Crippen LogP) is 3.56. The number of nitrogens with one attached hydrogen (secondary N) is 1. The van der Waals surface area contributed by atoms with Crippen LogP contribution in [0.5, 0.6) is 0 Å². The van der Waals surface area contributed by atoms with Gasteiger partial charge in [-0.1, -0.05) is 38.1 Å². The summed E-state index contributed by atoms with van der Waals surface area (Å²) in [6.45, 7) is 5.82. The average Bonchev–Trinajstić information content (AvgIpc) is 3.27. The first kappa shape index (κ1) is 20.9. The molecule has 1 atom stereocenters. The molecule has 0 aromatic carbocycles. The van der Waals surface area contributed by atoms with Gasteiger partial charge in [-0.15, -0.1) is 21.5 Å². The van der Waals surface area contributed by atoms with Crippen LogP contribution in [0, 0.1) is 0 Å². The number of carbonyl (C=O) groups is 1. The maximum absolute atomic E-state index is 12.1. The van der Waals surface area contributed by atoms with Crippen molar-refractivity contribution in [3.63, 3.8) is 0 Å². The fourth-order valence-electron chi connectivity index (χ4n) is 2.74. The first-order chi connectivity index (χ1) is 12.6. The van der Waals surface area contributed by atoms with Crippen molar-refractivity contribution in [1.29, 1.82) is 0 Å². The van der Waals surface area contributed by atoms with Crippen molar-refractivity contribution in [2.75, 3.05) is 19.8 Å². The Kier molecular flexibility index (Phi) is 8.61. The number of aromatic nitrogens is 3. The molecule has 0 radical (unpaired) electrons. The highest BCUT2D eigenvalue weighted by molar-refractivity contribution is 7.99. The summed E-state index contributed by atoms with van der Waals surface area (Å²) in [7, 11) is 4.13. The number of hydrogen-bond donors (Lipinski definition) is 1. The highest BCUT2D eigenvalue weighted by Crippen LogP contribution is 2.25. The van der Waals surface area contributed by atoms with E-state index in [1.54, 1.807) is 11.3 Å². The molecule has 2 aromatic heterocycles. The molecule has 6 nitrogen and oxygen atoms in total. The summed E-state index contributed by atoms with van der Waals surface area (Å²) in [6.07, 6.45) is 3.16. The van der Waals surface area contributed by atoms with Gasteiger partial charge in [0.05, 0.1) is 18.3 Å². The van der Waals surface area contributed by atoms with Crippen molar-refractivity contribution >= 4 is 29.0 Å². The number of nitrogens with zero attached hydrogens (tertiary/aromatic N) is 4. The molecule has 1 N–H and O–H groups in total. The van der Waals surface area contributed by atoms with E-state index in [2.05, 4.69) is 52.9 Å². The minimum atomic E-state index is 0.0228. The molecule has 1 amide bonds. The third kappa shape index (κ3) is 5.82. The van der Waals surface area contributed by atoms with Crippen LogP contribution in [0.25, 0.3) is 0 Å². The molecule has 0 fully saturated rings. The lowest BCUT2D eigenvalue weighted by atomic mass is 10.2. The van der Waals surface area contributed by atoms with E-state index in [1.165, 1.54) is 11.8 Å². The Hall–Kier alpha value is -1.38. The van der Waals surface area contributed by atoms with Crippen LogP contribution in [0.4, 0.5) is 0 Å². The molecule has 8 heteroatoms. The molecule has 0 aliphatic carbocycles. The molecule has 0 aliphatic rings. The standard InChI is InChI=1S/C18H29N5OS2/c1-5-7-10-23-17(15(6-2)22(3)4)20-21-18(23)26-13-16(24)19-12-14-9-8-11-25-14/h8-9,11,15H,5-7,10,12-13H2,1-4H3,(H,19,24)/t15-/m1/s1. The van der Waals surface area contributed by atoms with Crippen LogP contribution in [0.1, 0.15) is 49.9 Å². The fourth-order valence-corrected chi connectivity index (χ4v) is 4.18. The minimum Gasteiger partial charge on any atom is -0.350 e. The fraction of sp³-hybridized carbons (Fsp3) is 0.611. The number of carbonyl (C=O) groups excluding carboxylic acids is 1. The zero-order valence-corrected chi connectivity index (χ0v) is 17.7. The summed E-state index contributed by atoms with van der Waals surface area (Å²) in [5.41, 5.74) is 0. The van der Waals surface area contributed by atoms with Gasteiger partial charge in [-0.2, -0.15) is 0 Å². The normalized spacial score (nSPS) is 12.5. The molecule has 0 aliphatic heterocycles. The van der Waals surface area contributed by atoms with E-state index in [4.69, 9.17) is 0 Å². The smallest absolute Gasteiger partial charge is 0.230 e. The summed E-state index contributed by atoms with van der Waals surface area (Å²) in [5, 5.41) is 14.6. The monoisotopic (exact) mass is 395 g/mol. The Labute approximate surface area is 164 Å². The van der Waals surface area contributed by atoms with Crippen molar-refractivity contribution in [2.24, 2.45) is 0 Å². The van der Waals surface area contributed by atoms with E-state index in [-0.39, 0.29) is 11.9 Å². The molecule has 0 saturated carbocycles. The Morgan fingerprint density at radius 1 is 1.38 bits per heavy atom. The van der Waals surface area contributed by atoms with E-state index < -0.39 is 0 Å². The maximum atomic E-state index is 12.1. The Balaban J connectivity index is 2.00. The zero-order chi connectivity index (χ0) is 18.9. The van der Waals surface area contributed by atoms with Crippen LogP contribution in [0.15, 0.2) is 22.7 Å². The topological polar surface area (TPSA) is 63.1 Å². The van der Waals surface area contributed by atoms with E-state index in [0.717, 1.165) is 41.7 Å². The Morgan fingerprint density at radius 2 is 2.19 bits per heavy atom. The molecular formula is C18H29N5OS2. The lowest BCUT2D eigenvalue weighted by molar-refractivity contribution is -0.118. The first-order valence-corrected chi connectivity index (χ1v) is 10.9. The number of thiophene rings is 1. The second-order valence-electron chi connectivity index (χ2n) is 6.38. The van der Waals surface area contributed by atoms with Crippen molar-refractivity contribution < 1.29 is 4.79 Å². The van der Waals surface area contributed by atoms with Crippen molar-refractivity contribution in [1.82, 2.24) is 25.0 Å². The van der Waals surface area contributed by atoms with Gasteiger partial charge >= 0.3 is 0 Å². The first-order valence-electron chi connectivity index (χ1n) is 9.08. The van der Waals surface area contributed by atoms with Gasteiger partial charge in [0.15, 0.2) is 11.0 Å². The van der Waals surface area contributed by atoms with Gasteiger partial charge in [0.1, 0.15) is 0 Å². The summed E-state index contributed by atoms with van der Waals surface area (Å²) in [4.78, 5) is 15.5. The van der Waals surface area contributed by atoms with Crippen LogP contribution in [-0.4, -0.2) is 45.4 Å². The molecule has 2 rings (SSSR count). The number of unbranched alkanes of at least 4 members (excludes halogenated alkanes) is 1. The van der Waals surface area contributed by atoms with Crippen LogP contribution >= 0.6 is 23.1 Å². The van der Waals surface area contributed by atoms with Gasteiger partial charge in [-0.05, 0) is 38.4 Å². The van der Waals surface area contributed by atoms with Gasteiger partial charge < -0.3 is 9.88 Å². The molecule has 144 valence electrons. The summed E-state index contributed by atoms with van der Waals surface area (Å²) in [5.74, 6) is 1.37. The largest absolute Gasteiger partial charge is 0.350 e. The van der Waals surface area contributed by atoms with E-state index >= 15 is 0 Å². The van der Waals surface area contributed by atoms with Gasteiger partial charge in [-0.25, -0.2) is 0 Å². The Morgan fingerprint density at radius 3 is 2.81 bits per heavy atom. The molecule has 2 aromatic rings. The molecule has 26 heavy (non-hydrogen) atoms. The predicted molar refractivity (Wildman–Crippen MR) is 109 cm³/mol. The van der Waals surface area contributed by atoms with Crippen LogP contribution in [0.2, 0.25) is 0 Å². The van der Waals surface area contributed by atoms with Gasteiger partial charge in [0, 0.05) is 11.4 Å². The third-order valence-electron chi connectivity index (χ3n) is 4.16. The number of thioether (sulfide) groups is 1. The average molecular weight is 396 g/mol. The minimum absolute atomic E-state index is 0.0228. The quantitative estimate of drug-likeness (QED) is 0.590. The zero-order valence-electron chi connectivity index (χ0n) is 16.1. The summed E-state index contributed by atoms with van der Waals surface area (Å²) in [6, 6.07) is 4.26.